The Hall–Kier alpha value is -2.29. The Morgan fingerprint density at radius 3 is 2.21 bits per heavy atom. The first kappa shape index (κ1) is 23.0. The minimum atomic E-state index is -1.17. The van der Waals surface area contributed by atoms with E-state index >= 15 is 0 Å². The van der Waals surface area contributed by atoms with Crippen LogP contribution in [0.2, 0.25) is 0 Å². The normalized spacial score (nSPS) is 11.9. The van der Waals surface area contributed by atoms with Gasteiger partial charge in [-0.2, -0.15) is 0 Å². The molecule has 2 aromatic carbocycles. The highest BCUT2D eigenvalue weighted by Gasteiger charge is 2.18. The van der Waals surface area contributed by atoms with Crippen molar-refractivity contribution in [2.75, 3.05) is 6.61 Å². The van der Waals surface area contributed by atoms with Crippen molar-refractivity contribution in [3.05, 3.63) is 70.8 Å². The number of hydrogen-bond acceptors (Lipinski definition) is 2. The number of unbranched alkanes of at least 4 members (excludes halogenated alkanes) is 5. The SMILES string of the molecule is CCc1cccc(C(CCCCCCCCOC(=O)O)c2ccccc2)c1CC. The molecule has 0 aliphatic rings. The molecule has 0 aromatic heterocycles. The minimum absolute atomic E-state index is 0.318. The molecule has 1 N–H and O–H groups in total. The summed E-state index contributed by atoms with van der Waals surface area (Å²) in [5.41, 5.74) is 5.93. The molecule has 3 nitrogen and oxygen atoms in total. The van der Waals surface area contributed by atoms with Crippen LogP contribution in [0, 0.1) is 0 Å². The summed E-state index contributed by atoms with van der Waals surface area (Å²) < 4.78 is 4.56. The molecule has 3 heteroatoms. The summed E-state index contributed by atoms with van der Waals surface area (Å²) in [6.45, 7) is 4.84. The van der Waals surface area contributed by atoms with Gasteiger partial charge in [0.1, 0.15) is 0 Å². The van der Waals surface area contributed by atoms with Crippen molar-refractivity contribution in [1.29, 1.82) is 0 Å². The Balaban J connectivity index is 1.93. The zero-order chi connectivity index (χ0) is 20.9. The lowest BCUT2D eigenvalue weighted by atomic mass is 9.82. The number of hydrogen-bond donors (Lipinski definition) is 1. The largest absolute Gasteiger partial charge is 0.505 e. The summed E-state index contributed by atoms with van der Waals surface area (Å²) in [6, 6.07) is 17.8. The predicted molar refractivity (Wildman–Crippen MR) is 120 cm³/mol. The van der Waals surface area contributed by atoms with E-state index in [1.807, 2.05) is 0 Å². The Kier molecular flexibility index (Phi) is 10.3. The number of rotatable bonds is 13. The van der Waals surface area contributed by atoms with Crippen molar-refractivity contribution in [2.45, 2.75) is 77.6 Å². The number of benzene rings is 2. The van der Waals surface area contributed by atoms with Crippen molar-refractivity contribution in [2.24, 2.45) is 0 Å². The number of ether oxygens (including phenoxy) is 1. The van der Waals surface area contributed by atoms with Crippen LogP contribution < -0.4 is 0 Å². The van der Waals surface area contributed by atoms with Crippen molar-refractivity contribution >= 4 is 6.16 Å². The van der Waals surface area contributed by atoms with Gasteiger partial charge in [-0.3, -0.25) is 0 Å². The molecule has 29 heavy (non-hydrogen) atoms. The monoisotopic (exact) mass is 396 g/mol. The molecular weight excluding hydrogens is 360 g/mol. The third kappa shape index (κ3) is 7.56. The fourth-order valence-corrected chi connectivity index (χ4v) is 4.25. The fourth-order valence-electron chi connectivity index (χ4n) is 4.25. The van der Waals surface area contributed by atoms with Gasteiger partial charge in [-0.25, -0.2) is 4.79 Å². The van der Waals surface area contributed by atoms with E-state index in [1.165, 1.54) is 47.9 Å². The van der Waals surface area contributed by atoms with Gasteiger partial charge in [-0.15, -0.1) is 0 Å². The van der Waals surface area contributed by atoms with Crippen LogP contribution in [-0.2, 0) is 17.6 Å². The summed E-state index contributed by atoms with van der Waals surface area (Å²) >= 11 is 0. The zero-order valence-corrected chi connectivity index (χ0v) is 18.0. The average molecular weight is 397 g/mol. The van der Waals surface area contributed by atoms with E-state index in [0.717, 1.165) is 32.1 Å². The summed E-state index contributed by atoms with van der Waals surface area (Å²) in [4.78, 5) is 10.3. The van der Waals surface area contributed by atoms with Crippen LogP contribution in [0.1, 0.15) is 87.0 Å². The Bertz CT molecular complexity index is 724. The smallest absolute Gasteiger partial charge is 0.450 e. The van der Waals surface area contributed by atoms with Gasteiger partial charge in [0.25, 0.3) is 0 Å². The topological polar surface area (TPSA) is 46.5 Å². The van der Waals surface area contributed by atoms with Gasteiger partial charge >= 0.3 is 6.16 Å². The first-order chi connectivity index (χ1) is 14.2. The molecule has 0 aliphatic heterocycles. The van der Waals surface area contributed by atoms with Crippen LogP contribution in [0.25, 0.3) is 0 Å². The van der Waals surface area contributed by atoms with E-state index in [9.17, 15) is 4.79 Å². The van der Waals surface area contributed by atoms with Crippen LogP contribution in [0.4, 0.5) is 4.79 Å². The van der Waals surface area contributed by atoms with Crippen LogP contribution >= 0.6 is 0 Å². The summed E-state index contributed by atoms with van der Waals surface area (Å²) in [6.07, 6.45) is 8.81. The summed E-state index contributed by atoms with van der Waals surface area (Å²) in [7, 11) is 0. The fraction of sp³-hybridized carbons (Fsp3) is 0.500. The maximum Gasteiger partial charge on any atom is 0.505 e. The highest BCUT2D eigenvalue weighted by Crippen LogP contribution is 2.34. The molecule has 2 rings (SSSR count). The third-order valence-corrected chi connectivity index (χ3v) is 5.73. The number of aryl methyl sites for hydroxylation is 1. The van der Waals surface area contributed by atoms with Gasteiger partial charge in [0.15, 0.2) is 0 Å². The van der Waals surface area contributed by atoms with Crippen LogP contribution in [-0.4, -0.2) is 17.9 Å². The van der Waals surface area contributed by atoms with Crippen LogP contribution in [0.3, 0.4) is 0 Å². The second-order valence-corrected chi connectivity index (χ2v) is 7.68. The lowest BCUT2D eigenvalue weighted by molar-refractivity contribution is 0.0899. The highest BCUT2D eigenvalue weighted by atomic mass is 16.7. The van der Waals surface area contributed by atoms with Gasteiger partial charge in [-0.05, 0) is 47.9 Å². The first-order valence-corrected chi connectivity index (χ1v) is 11.2. The molecule has 1 unspecified atom stereocenters. The molecular formula is C26H36O3. The minimum Gasteiger partial charge on any atom is -0.450 e. The second-order valence-electron chi connectivity index (χ2n) is 7.68. The molecule has 0 spiro atoms. The molecule has 158 valence electrons. The molecule has 0 saturated heterocycles. The van der Waals surface area contributed by atoms with Crippen molar-refractivity contribution in [3.8, 4) is 0 Å². The summed E-state index contributed by atoms with van der Waals surface area (Å²) in [5.74, 6) is 0.460. The van der Waals surface area contributed by atoms with E-state index < -0.39 is 6.16 Å². The summed E-state index contributed by atoms with van der Waals surface area (Å²) in [5, 5.41) is 8.47. The van der Waals surface area contributed by atoms with Crippen LogP contribution in [0.15, 0.2) is 48.5 Å². The molecule has 0 aliphatic carbocycles. The molecule has 2 aromatic rings. The van der Waals surface area contributed by atoms with E-state index in [1.54, 1.807) is 0 Å². The standard InChI is InChI=1S/C26H36O3/c1-3-21-17-14-19-25(23(21)4-2)24(22-15-10-9-11-16-22)18-12-7-5-6-8-13-20-29-26(27)28/h9-11,14-17,19,24H,3-8,12-13,18,20H2,1-2H3,(H,27,28). The average Bonchev–Trinajstić information content (AvgIpc) is 2.75. The molecule has 0 radical (unpaired) electrons. The van der Waals surface area contributed by atoms with E-state index in [2.05, 4.69) is 67.1 Å². The maximum absolute atomic E-state index is 10.3. The first-order valence-electron chi connectivity index (χ1n) is 11.2. The molecule has 1 atom stereocenters. The Morgan fingerprint density at radius 2 is 1.55 bits per heavy atom. The third-order valence-electron chi connectivity index (χ3n) is 5.73. The molecule has 0 bridgehead atoms. The lowest BCUT2D eigenvalue weighted by Gasteiger charge is -2.23. The zero-order valence-electron chi connectivity index (χ0n) is 18.0. The molecule has 0 fully saturated rings. The van der Waals surface area contributed by atoms with Gasteiger partial charge in [-0.1, -0.05) is 94.5 Å². The van der Waals surface area contributed by atoms with E-state index in [-0.39, 0.29) is 0 Å². The van der Waals surface area contributed by atoms with Gasteiger partial charge in [0, 0.05) is 5.92 Å². The molecule has 0 heterocycles. The number of carboxylic acid groups (broad SMARTS) is 1. The second kappa shape index (κ2) is 13.0. The van der Waals surface area contributed by atoms with Gasteiger partial charge in [0.05, 0.1) is 6.61 Å². The van der Waals surface area contributed by atoms with Crippen molar-refractivity contribution in [3.63, 3.8) is 0 Å². The molecule has 0 saturated carbocycles. The highest BCUT2D eigenvalue weighted by molar-refractivity contribution is 5.56. The van der Waals surface area contributed by atoms with Crippen molar-refractivity contribution in [1.82, 2.24) is 0 Å². The van der Waals surface area contributed by atoms with E-state index in [0.29, 0.717) is 12.5 Å². The van der Waals surface area contributed by atoms with Crippen molar-refractivity contribution < 1.29 is 14.6 Å². The lowest BCUT2D eigenvalue weighted by Crippen LogP contribution is -2.07. The quantitative estimate of drug-likeness (QED) is 0.284. The van der Waals surface area contributed by atoms with Gasteiger partial charge < -0.3 is 9.84 Å². The van der Waals surface area contributed by atoms with Gasteiger partial charge in [0.2, 0.25) is 0 Å². The number of carbonyl (C=O) groups is 1. The Morgan fingerprint density at radius 1 is 0.862 bits per heavy atom. The molecule has 0 amide bonds. The van der Waals surface area contributed by atoms with E-state index in [4.69, 9.17) is 5.11 Å². The van der Waals surface area contributed by atoms with Crippen LogP contribution in [0.5, 0.6) is 0 Å². The Labute approximate surface area is 176 Å². The predicted octanol–water partition coefficient (Wildman–Crippen LogP) is 7.37. The maximum atomic E-state index is 10.3.